The first kappa shape index (κ1) is 18.5. The Bertz CT molecular complexity index is 699. The Morgan fingerprint density at radius 1 is 1.00 bits per heavy atom. The molecular weight excluding hydrogens is 338 g/mol. The molecule has 27 heavy (non-hydrogen) atoms. The summed E-state index contributed by atoms with van der Waals surface area (Å²) in [7, 11) is 0. The van der Waals surface area contributed by atoms with Crippen LogP contribution in [0.1, 0.15) is 43.7 Å². The molecule has 1 aromatic rings. The van der Waals surface area contributed by atoms with Crippen molar-refractivity contribution in [2.24, 2.45) is 5.92 Å². The molecule has 0 N–H and O–H groups in total. The normalized spacial score (nSPS) is 26.1. The Hall–Kier alpha value is -1.88. The number of carbonyl (C=O) groups excluding carboxylic acids is 2. The topological polar surface area (TPSA) is 43.9 Å². The minimum Gasteiger partial charge on any atom is -0.341 e. The molecule has 146 valence electrons. The van der Waals surface area contributed by atoms with E-state index in [0.717, 1.165) is 51.9 Å². The van der Waals surface area contributed by atoms with Gasteiger partial charge in [0.25, 0.3) is 0 Å². The predicted octanol–water partition coefficient (Wildman–Crippen LogP) is 2.29. The molecule has 3 aliphatic rings. The van der Waals surface area contributed by atoms with Gasteiger partial charge in [-0.25, -0.2) is 0 Å². The van der Waals surface area contributed by atoms with E-state index >= 15 is 0 Å². The maximum Gasteiger partial charge on any atom is 0.240 e. The summed E-state index contributed by atoms with van der Waals surface area (Å²) in [4.78, 5) is 32.3. The molecule has 0 aromatic heterocycles. The molecule has 0 bridgehead atoms. The standard InChI is InChI=1S/C22H31N3O2/c1-17-7-6-12-24(14-17)21(26)16-25-15-19-9-3-2-8-18(19)13-20(25)22(27)23-10-4-5-11-23/h2-3,8-9,17,20H,4-7,10-16H2,1H3. The van der Waals surface area contributed by atoms with Gasteiger partial charge >= 0.3 is 0 Å². The Labute approximate surface area is 162 Å². The molecule has 0 spiro atoms. The van der Waals surface area contributed by atoms with Crippen LogP contribution in [0.3, 0.4) is 0 Å². The quantitative estimate of drug-likeness (QED) is 0.821. The smallest absolute Gasteiger partial charge is 0.240 e. The average molecular weight is 370 g/mol. The van der Waals surface area contributed by atoms with Crippen LogP contribution in [-0.4, -0.2) is 65.3 Å². The monoisotopic (exact) mass is 369 g/mol. The lowest BCUT2D eigenvalue weighted by Gasteiger charge is -2.39. The summed E-state index contributed by atoms with van der Waals surface area (Å²) in [5.41, 5.74) is 2.51. The van der Waals surface area contributed by atoms with Crippen molar-refractivity contribution in [3.63, 3.8) is 0 Å². The van der Waals surface area contributed by atoms with Crippen LogP contribution in [-0.2, 0) is 22.6 Å². The number of amides is 2. The molecule has 3 aliphatic heterocycles. The lowest BCUT2D eigenvalue weighted by molar-refractivity contribution is -0.140. The highest BCUT2D eigenvalue weighted by molar-refractivity contribution is 5.84. The summed E-state index contributed by atoms with van der Waals surface area (Å²) in [5, 5.41) is 0. The van der Waals surface area contributed by atoms with Gasteiger partial charge in [-0.2, -0.15) is 0 Å². The summed E-state index contributed by atoms with van der Waals surface area (Å²) in [6.45, 7) is 6.70. The summed E-state index contributed by atoms with van der Waals surface area (Å²) in [6, 6.07) is 8.15. The van der Waals surface area contributed by atoms with Crippen LogP contribution in [0, 0.1) is 5.92 Å². The number of piperidine rings is 1. The maximum absolute atomic E-state index is 13.2. The molecule has 2 unspecified atom stereocenters. The third-order valence-corrected chi connectivity index (χ3v) is 6.40. The van der Waals surface area contributed by atoms with Gasteiger partial charge in [0.1, 0.15) is 0 Å². The second-order valence-electron chi connectivity index (χ2n) is 8.51. The highest BCUT2D eigenvalue weighted by Crippen LogP contribution is 2.26. The minimum absolute atomic E-state index is 0.181. The molecule has 0 radical (unpaired) electrons. The highest BCUT2D eigenvalue weighted by atomic mass is 16.2. The zero-order chi connectivity index (χ0) is 18.8. The Morgan fingerprint density at radius 2 is 1.70 bits per heavy atom. The van der Waals surface area contributed by atoms with E-state index in [1.54, 1.807) is 0 Å². The molecule has 5 heteroatoms. The SMILES string of the molecule is CC1CCCN(C(=O)CN2Cc3ccccc3CC2C(=O)N2CCCC2)C1. The van der Waals surface area contributed by atoms with Gasteiger partial charge < -0.3 is 9.80 Å². The predicted molar refractivity (Wildman–Crippen MR) is 105 cm³/mol. The van der Waals surface area contributed by atoms with E-state index in [1.807, 2.05) is 21.9 Å². The lowest BCUT2D eigenvalue weighted by Crippen LogP contribution is -2.54. The second kappa shape index (κ2) is 8.01. The summed E-state index contributed by atoms with van der Waals surface area (Å²) in [6.07, 6.45) is 5.21. The molecule has 0 aliphatic carbocycles. The van der Waals surface area contributed by atoms with Crippen molar-refractivity contribution in [1.29, 1.82) is 0 Å². The van der Waals surface area contributed by atoms with E-state index in [0.29, 0.717) is 19.0 Å². The Morgan fingerprint density at radius 3 is 2.44 bits per heavy atom. The Balaban J connectivity index is 1.51. The van der Waals surface area contributed by atoms with Gasteiger partial charge in [0.05, 0.1) is 12.6 Å². The molecule has 3 heterocycles. The van der Waals surface area contributed by atoms with Crippen molar-refractivity contribution < 1.29 is 9.59 Å². The zero-order valence-electron chi connectivity index (χ0n) is 16.4. The van der Waals surface area contributed by atoms with Crippen molar-refractivity contribution in [3.8, 4) is 0 Å². The summed E-state index contributed by atoms with van der Waals surface area (Å²) < 4.78 is 0. The molecule has 4 rings (SSSR count). The van der Waals surface area contributed by atoms with Crippen LogP contribution in [0.15, 0.2) is 24.3 Å². The van der Waals surface area contributed by atoms with E-state index in [9.17, 15) is 9.59 Å². The fraction of sp³-hybridized carbons (Fsp3) is 0.636. The third kappa shape index (κ3) is 4.03. The van der Waals surface area contributed by atoms with Gasteiger partial charge in [0, 0.05) is 32.7 Å². The van der Waals surface area contributed by atoms with Crippen molar-refractivity contribution in [2.75, 3.05) is 32.7 Å². The molecule has 2 amide bonds. The van der Waals surface area contributed by atoms with Gasteiger partial charge in [0.15, 0.2) is 0 Å². The van der Waals surface area contributed by atoms with Gasteiger partial charge in [-0.15, -0.1) is 0 Å². The molecule has 5 nitrogen and oxygen atoms in total. The maximum atomic E-state index is 13.2. The van der Waals surface area contributed by atoms with Crippen molar-refractivity contribution in [3.05, 3.63) is 35.4 Å². The van der Waals surface area contributed by atoms with Crippen LogP contribution >= 0.6 is 0 Å². The van der Waals surface area contributed by atoms with E-state index in [-0.39, 0.29) is 17.9 Å². The van der Waals surface area contributed by atoms with Crippen molar-refractivity contribution >= 4 is 11.8 Å². The molecule has 2 saturated heterocycles. The van der Waals surface area contributed by atoms with Crippen LogP contribution < -0.4 is 0 Å². The van der Waals surface area contributed by atoms with Crippen molar-refractivity contribution in [2.45, 2.75) is 51.6 Å². The molecule has 1 aromatic carbocycles. The average Bonchev–Trinajstić information content (AvgIpc) is 3.21. The van der Waals surface area contributed by atoms with Gasteiger partial charge in [-0.05, 0) is 49.1 Å². The summed E-state index contributed by atoms with van der Waals surface area (Å²) in [5.74, 6) is 0.966. The minimum atomic E-state index is -0.204. The number of fused-ring (bicyclic) bond motifs is 1. The number of hydrogen-bond donors (Lipinski definition) is 0. The molecular formula is C22H31N3O2. The first-order valence-corrected chi connectivity index (χ1v) is 10.5. The van der Waals surface area contributed by atoms with E-state index in [2.05, 4.69) is 24.0 Å². The van der Waals surface area contributed by atoms with Crippen LogP contribution in [0.5, 0.6) is 0 Å². The van der Waals surface area contributed by atoms with Crippen molar-refractivity contribution in [1.82, 2.24) is 14.7 Å². The van der Waals surface area contributed by atoms with E-state index < -0.39 is 0 Å². The van der Waals surface area contributed by atoms with Gasteiger partial charge in [-0.1, -0.05) is 31.2 Å². The largest absolute Gasteiger partial charge is 0.341 e. The van der Waals surface area contributed by atoms with Crippen LogP contribution in [0.4, 0.5) is 0 Å². The fourth-order valence-electron chi connectivity index (χ4n) is 4.82. The number of benzene rings is 1. The Kier molecular flexibility index (Phi) is 5.48. The second-order valence-corrected chi connectivity index (χ2v) is 8.51. The lowest BCUT2D eigenvalue weighted by atomic mass is 9.93. The van der Waals surface area contributed by atoms with Crippen LogP contribution in [0.25, 0.3) is 0 Å². The number of rotatable bonds is 3. The molecule has 2 fully saturated rings. The molecule has 2 atom stereocenters. The number of nitrogens with zero attached hydrogens (tertiary/aromatic N) is 3. The van der Waals surface area contributed by atoms with Gasteiger partial charge in [-0.3, -0.25) is 14.5 Å². The first-order valence-electron chi connectivity index (χ1n) is 10.5. The fourth-order valence-corrected chi connectivity index (χ4v) is 4.82. The van der Waals surface area contributed by atoms with E-state index in [1.165, 1.54) is 17.5 Å². The molecule has 0 saturated carbocycles. The number of carbonyl (C=O) groups is 2. The van der Waals surface area contributed by atoms with Gasteiger partial charge in [0.2, 0.25) is 11.8 Å². The number of hydrogen-bond acceptors (Lipinski definition) is 3. The first-order chi connectivity index (χ1) is 13.1. The zero-order valence-corrected chi connectivity index (χ0v) is 16.4. The summed E-state index contributed by atoms with van der Waals surface area (Å²) >= 11 is 0. The number of likely N-dealkylation sites (tertiary alicyclic amines) is 2. The third-order valence-electron chi connectivity index (χ3n) is 6.40. The van der Waals surface area contributed by atoms with E-state index in [4.69, 9.17) is 0 Å². The highest BCUT2D eigenvalue weighted by Gasteiger charge is 2.36. The van der Waals surface area contributed by atoms with Crippen LogP contribution in [0.2, 0.25) is 0 Å².